The van der Waals surface area contributed by atoms with E-state index in [1.807, 2.05) is 11.8 Å². The minimum atomic E-state index is -3.95. The van der Waals surface area contributed by atoms with Crippen LogP contribution in [0.4, 0.5) is 16.0 Å². The number of hydrogen-bond acceptors (Lipinski definition) is 6. The van der Waals surface area contributed by atoms with E-state index in [-0.39, 0.29) is 21.8 Å². The van der Waals surface area contributed by atoms with Crippen molar-refractivity contribution < 1.29 is 17.5 Å². The second-order valence-corrected chi connectivity index (χ2v) is 9.65. The molecule has 3 heterocycles. The molecular weight excluding hydrogens is 455 g/mol. The number of aromatic nitrogens is 2. The summed E-state index contributed by atoms with van der Waals surface area (Å²) in [5, 5.41) is 0.286. The molecule has 1 atom stereocenters. The molecule has 0 spiro atoms. The first-order valence-corrected chi connectivity index (χ1v) is 11.9. The van der Waals surface area contributed by atoms with Crippen LogP contribution in [0.1, 0.15) is 12.5 Å². The molecule has 3 aromatic rings. The van der Waals surface area contributed by atoms with E-state index >= 15 is 0 Å². The molecule has 4 rings (SSSR count). The molecular formula is C22H22ClFN4O3S. The lowest BCUT2D eigenvalue weighted by molar-refractivity contribution is 0.0985. The van der Waals surface area contributed by atoms with E-state index in [0.29, 0.717) is 36.8 Å². The van der Waals surface area contributed by atoms with Crippen molar-refractivity contribution in [3.63, 3.8) is 0 Å². The molecule has 10 heteroatoms. The molecule has 1 fully saturated rings. The number of hydrogen-bond donors (Lipinski definition) is 1. The molecule has 1 aliphatic rings. The van der Waals surface area contributed by atoms with Crippen LogP contribution < -0.4 is 9.62 Å². The highest BCUT2D eigenvalue weighted by atomic mass is 35.5. The first kappa shape index (κ1) is 22.4. The van der Waals surface area contributed by atoms with Crippen LogP contribution in [0.2, 0.25) is 5.02 Å². The van der Waals surface area contributed by atoms with Gasteiger partial charge in [0.15, 0.2) is 0 Å². The lowest BCUT2D eigenvalue weighted by atomic mass is 10.0. The minimum Gasteiger partial charge on any atom is -0.377 e. The number of anilines is 2. The summed E-state index contributed by atoms with van der Waals surface area (Å²) in [4.78, 5) is 10.7. The normalized spacial score (nSPS) is 16.8. The topological polar surface area (TPSA) is 84.4 Å². The van der Waals surface area contributed by atoms with Gasteiger partial charge in [0.1, 0.15) is 17.5 Å². The van der Waals surface area contributed by atoms with Crippen LogP contribution in [-0.4, -0.2) is 44.2 Å². The number of morpholine rings is 1. The molecule has 0 unspecified atom stereocenters. The number of halogens is 2. The maximum atomic E-state index is 13.8. The van der Waals surface area contributed by atoms with Crippen LogP contribution in [0.3, 0.4) is 0 Å². The molecule has 1 aromatic carbocycles. The number of pyridine rings is 2. The Morgan fingerprint density at radius 2 is 2.03 bits per heavy atom. The third-order valence-electron chi connectivity index (χ3n) is 5.23. The van der Waals surface area contributed by atoms with E-state index in [1.54, 1.807) is 13.0 Å². The molecule has 1 N–H and O–H groups in total. The van der Waals surface area contributed by atoms with Crippen LogP contribution >= 0.6 is 11.6 Å². The maximum Gasteiger partial charge on any atom is 0.263 e. The average Bonchev–Trinajstić information content (AvgIpc) is 2.77. The lowest BCUT2D eigenvalue weighted by Gasteiger charge is -2.34. The summed E-state index contributed by atoms with van der Waals surface area (Å²) >= 11 is 6.28. The summed E-state index contributed by atoms with van der Waals surface area (Å²) < 4.78 is 47.8. The molecule has 0 aliphatic carbocycles. The van der Waals surface area contributed by atoms with Gasteiger partial charge in [-0.25, -0.2) is 22.8 Å². The summed E-state index contributed by atoms with van der Waals surface area (Å²) in [5.74, 6) is 0.200. The Bertz CT molecular complexity index is 1260. The van der Waals surface area contributed by atoms with Crippen LogP contribution in [0.5, 0.6) is 0 Å². The summed E-state index contributed by atoms with van der Waals surface area (Å²) in [5.41, 5.74) is 1.55. The molecule has 0 radical (unpaired) electrons. The van der Waals surface area contributed by atoms with Gasteiger partial charge in [-0.1, -0.05) is 17.7 Å². The highest BCUT2D eigenvalue weighted by Crippen LogP contribution is 2.31. The fourth-order valence-electron chi connectivity index (χ4n) is 3.53. The molecule has 7 nitrogen and oxygen atoms in total. The Morgan fingerprint density at radius 1 is 1.22 bits per heavy atom. The van der Waals surface area contributed by atoms with Crippen molar-refractivity contribution in [1.82, 2.24) is 9.97 Å². The van der Waals surface area contributed by atoms with Gasteiger partial charge in [0, 0.05) is 24.4 Å². The van der Waals surface area contributed by atoms with Crippen molar-refractivity contribution in [2.24, 2.45) is 0 Å². The van der Waals surface area contributed by atoms with E-state index in [1.165, 1.54) is 42.6 Å². The van der Waals surface area contributed by atoms with Crippen molar-refractivity contribution in [2.75, 3.05) is 29.4 Å². The van der Waals surface area contributed by atoms with E-state index in [2.05, 4.69) is 14.7 Å². The van der Waals surface area contributed by atoms with E-state index in [4.69, 9.17) is 16.3 Å². The summed E-state index contributed by atoms with van der Waals surface area (Å²) in [6, 6.07) is 10.3. The second-order valence-electron chi connectivity index (χ2n) is 7.56. The van der Waals surface area contributed by atoms with Crippen LogP contribution in [0.25, 0.3) is 11.3 Å². The van der Waals surface area contributed by atoms with Crippen molar-refractivity contribution in [3.05, 3.63) is 65.1 Å². The Hall–Kier alpha value is -2.75. The van der Waals surface area contributed by atoms with Crippen molar-refractivity contribution in [1.29, 1.82) is 0 Å². The number of benzene rings is 1. The van der Waals surface area contributed by atoms with Gasteiger partial charge in [-0.05, 0) is 49.7 Å². The predicted molar refractivity (Wildman–Crippen MR) is 122 cm³/mol. The predicted octanol–water partition coefficient (Wildman–Crippen LogP) is 4.27. The van der Waals surface area contributed by atoms with Gasteiger partial charge < -0.3 is 9.64 Å². The molecule has 0 amide bonds. The molecule has 0 saturated carbocycles. The SMILES string of the molecule is Cc1ccc(F)cc1-c1nc(NS(=O)(=O)c2ccnc(N3CCOC[C@H]3C)c2)ccc1Cl. The molecule has 1 aliphatic heterocycles. The zero-order chi connectivity index (χ0) is 22.9. The quantitative estimate of drug-likeness (QED) is 0.592. The number of nitrogens with one attached hydrogen (secondary N) is 1. The number of sulfonamides is 1. The highest BCUT2D eigenvalue weighted by molar-refractivity contribution is 7.92. The summed E-state index contributed by atoms with van der Waals surface area (Å²) in [6.45, 7) is 5.52. The summed E-state index contributed by atoms with van der Waals surface area (Å²) in [7, 11) is -3.95. The monoisotopic (exact) mass is 476 g/mol. The van der Waals surface area contributed by atoms with Crippen LogP contribution in [0, 0.1) is 12.7 Å². The number of nitrogens with zero attached hydrogens (tertiary/aromatic N) is 3. The van der Waals surface area contributed by atoms with Gasteiger partial charge in [-0.3, -0.25) is 4.72 Å². The Kier molecular flexibility index (Phi) is 6.32. The Morgan fingerprint density at radius 3 is 2.81 bits per heavy atom. The minimum absolute atomic E-state index is 0.0569. The van der Waals surface area contributed by atoms with Crippen molar-refractivity contribution >= 4 is 33.3 Å². The largest absolute Gasteiger partial charge is 0.377 e. The van der Waals surface area contributed by atoms with Gasteiger partial charge in [-0.2, -0.15) is 0 Å². The van der Waals surface area contributed by atoms with Crippen molar-refractivity contribution in [2.45, 2.75) is 24.8 Å². The fraction of sp³-hybridized carbons (Fsp3) is 0.273. The van der Waals surface area contributed by atoms with E-state index in [0.717, 1.165) is 5.56 Å². The maximum absolute atomic E-state index is 13.8. The third kappa shape index (κ3) is 4.69. The van der Waals surface area contributed by atoms with Gasteiger partial charge in [0.2, 0.25) is 0 Å². The zero-order valence-corrected chi connectivity index (χ0v) is 19.1. The number of rotatable bonds is 5. The first-order valence-electron chi connectivity index (χ1n) is 10.0. The van der Waals surface area contributed by atoms with Gasteiger partial charge in [0.05, 0.1) is 34.9 Å². The smallest absolute Gasteiger partial charge is 0.263 e. The van der Waals surface area contributed by atoms with E-state index < -0.39 is 15.8 Å². The molecule has 0 bridgehead atoms. The molecule has 32 heavy (non-hydrogen) atoms. The lowest BCUT2D eigenvalue weighted by Crippen LogP contribution is -2.44. The average molecular weight is 477 g/mol. The highest BCUT2D eigenvalue weighted by Gasteiger charge is 2.23. The Balaban J connectivity index is 1.64. The van der Waals surface area contributed by atoms with Gasteiger partial charge >= 0.3 is 0 Å². The number of ether oxygens (including phenoxy) is 1. The molecule has 1 saturated heterocycles. The van der Waals surface area contributed by atoms with Gasteiger partial charge in [0.25, 0.3) is 10.0 Å². The van der Waals surface area contributed by atoms with Crippen LogP contribution in [0.15, 0.2) is 53.6 Å². The molecule has 2 aromatic heterocycles. The zero-order valence-electron chi connectivity index (χ0n) is 17.5. The second kappa shape index (κ2) is 9.01. The first-order chi connectivity index (χ1) is 15.2. The number of aryl methyl sites for hydroxylation is 1. The third-order valence-corrected chi connectivity index (χ3v) is 6.89. The van der Waals surface area contributed by atoms with Gasteiger partial charge in [-0.15, -0.1) is 0 Å². The van der Waals surface area contributed by atoms with Crippen molar-refractivity contribution in [3.8, 4) is 11.3 Å². The molecule has 168 valence electrons. The summed E-state index contributed by atoms with van der Waals surface area (Å²) in [6.07, 6.45) is 1.46. The standard InChI is InChI=1S/C22H22ClFN4O3S/c1-14-3-4-16(24)11-18(14)22-19(23)5-6-20(26-22)27-32(29,30)17-7-8-25-21(12-17)28-9-10-31-13-15(28)2/h3-8,11-12,15H,9-10,13H2,1-2H3,(H,26,27)/t15-/m1/s1. The van der Waals surface area contributed by atoms with Crippen LogP contribution in [-0.2, 0) is 14.8 Å². The fourth-order valence-corrected chi connectivity index (χ4v) is 4.74. The van der Waals surface area contributed by atoms with E-state index in [9.17, 15) is 12.8 Å². The Labute approximate surface area is 191 Å².